The van der Waals surface area contributed by atoms with Gasteiger partial charge in [0.25, 0.3) is 0 Å². The SMILES string of the molecule is Fc1ccc(Br)cc1NC1=NCCN1. The first-order valence-electron chi connectivity index (χ1n) is 4.26. The molecule has 0 amide bonds. The van der Waals surface area contributed by atoms with E-state index in [-0.39, 0.29) is 5.82 Å². The smallest absolute Gasteiger partial charge is 0.196 e. The summed E-state index contributed by atoms with van der Waals surface area (Å²) >= 11 is 3.28. The summed E-state index contributed by atoms with van der Waals surface area (Å²) in [6.45, 7) is 1.54. The minimum absolute atomic E-state index is 0.287. The first kappa shape index (κ1) is 9.45. The van der Waals surface area contributed by atoms with Gasteiger partial charge in [-0.1, -0.05) is 15.9 Å². The highest BCUT2D eigenvalue weighted by molar-refractivity contribution is 9.10. The first-order valence-corrected chi connectivity index (χ1v) is 5.05. The number of benzene rings is 1. The summed E-state index contributed by atoms with van der Waals surface area (Å²) in [5.74, 6) is 0.339. The van der Waals surface area contributed by atoms with Crippen LogP contribution in [0.25, 0.3) is 0 Å². The lowest BCUT2D eigenvalue weighted by molar-refractivity contribution is 0.632. The number of guanidine groups is 1. The molecule has 2 rings (SSSR count). The van der Waals surface area contributed by atoms with Crippen molar-refractivity contribution in [2.45, 2.75) is 0 Å². The molecule has 0 aromatic heterocycles. The summed E-state index contributed by atoms with van der Waals surface area (Å²) in [5, 5.41) is 5.89. The molecule has 3 nitrogen and oxygen atoms in total. The molecule has 0 unspecified atom stereocenters. The van der Waals surface area contributed by atoms with Crippen molar-refractivity contribution in [2.24, 2.45) is 4.99 Å². The van der Waals surface area contributed by atoms with Gasteiger partial charge in [0.2, 0.25) is 0 Å². The zero-order valence-corrected chi connectivity index (χ0v) is 8.94. The van der Waals surface area contributed by atoms with Gasteiger partial charge >= 0.3 is 0 Å². The van der Waals surface area contributed by atoms with Crippen molar-refractivity contribution in [3.63, 3.8) is 0 Å². The Morgan fingerprint density at radius 3 is 3.07 bits per heavy atom. The van der Waals surface area contributed by atoms with Crippen LogP contribution in [-0.2, 0) is 0 Å². The third-order valence-corrected chi connectivity index (χ3v) is 2.35. The summed E-state index contributed by atoms with van der Waals surface area (Å²) in [7, 11) is 0. The highest BCUT2D eigenvalue weighted by Crippen LogP contribution is 2.19. The lowest BCUT2D eigenvalue weighted by Crippen LogP contribution is -2.26. The van der Waals surface area contributed by atoms with Gasteiger partial charge in [-0.3, -0.25) is 4.99 Å². The van der Waals surface area contributed by atoms with E-state index in [1.54, 1.807) is 12.1 Å². The van der Waals surface area contributed by atoms with E-state index >= 15 is 0 Å². The number of aliphatic imine (C=N–C) groups is 1. The summed E-state index contributed by atoms with van der Waals surface area (Å²) in [4.78, 5) is 4.11. The lowest BCUT2D eigenvalue weighted by Gasteiger charge is -2.07. The predicted octanol–water partition coefficient (Wildman–Crippen LogP) is 1.96. The van der Waals surface area contributed by atoms with Gasteiger partial charge in [0.15, 0.2) is 5.96 Å². The van der Waals surface area contributed by atoms with Gasteiger partial charge in [-0.15, -0.1) is 0 Å². The molecule has 0 saturated carbocycles. The number of nitrogens with one attached hydrogen (secondary N) is 2. The number of anilines is 1. The molecule has 1 aliphatic rings. The molecule has 0 bridgehead atoms. The molecule has 0 radical (unpaired) electrons. The standard InChI is InChI=1S/C9H9BrFN3/c10-6-1-2-7(11)8(5-6)14-9-12-3-4-13-9/h1-2,5H,3-4H2,(H2,12,13,14). The maximum Gasteiger partial charge on any atom is 0.196 e. The van der Waals surface area contributed by atoms with E-state index in [0.717, 1.165) is 17.6 Å². The number of nitrogens with zero attached hydrogens (tertiary/aromatic N) is 1. The Bertz CT molecular complexity index is 378. The van der Waals surface area contributed by atoms with Crippen LogP contribution in [0, 0.1) is 5.82 Å². The number of hydrogen-bond donors (Lipinski definition) is 2. The topological polar surface area (TPSA) is 36.4 Å². The van der Waals surface area contributed by atoms with Crippen LogP contribution in [0.4, 0.5) is 10.1 Å². The van der Waals surface area contributed by atoms with Crippen molar-refractivity contribution in [1.29, 1.82) is 0 Å². The highest BCUT2D eigenvalue weighted by Gasteiger charge is 2.08. The predicted molar refractivity (Wildman–Crippen MR) is 58.0 cm³/mol. The second-order valence-corrected chi connectivity index (χ2v) is 3.82. The second-order valence-electron chi connectivity index (χ2n) is 2.91. The molecule has 5 heteroatoms. The van der Waals surface area contributed by atoms with Crippen LogP contribution in [-0.4, -0.2) is 19.0 Å². The normalized spacial score (nSPS) is 14.9. The van der Waals surface area contributed by atoms with E-state index in [2.05, 4.69) is 31.6 Å². The van der Waals surface area contributed by atoms with Crippen LogP contribution in [0.1, 0.15) is 0 Å². The van der Waals surface area contributed by atoms with Gasteiger partial charge in [0.1, 0.15) is 5.82 Å². The maximum absolute atomic E-state index is 13.3. The third kappa shape index (κ3) is 2.04. The van der Waals surface area contributed by atoms with E-state index in [1.165, 1.54) is 6.07 Å². The van der Waals surface area contributed by atoms with Crippen LogP contribution in [0.5, 0.6) is 0 Å². The molecule has 1 aliphatic heterocycles. The fraction of sp³-hybridized carbons (Fsp3) is 0.222. The van der Waals surface area contributed by atoms with Crippen molar-refractivity contribution in [2.75, 3.05) is 18.4 Å². The molecule has 0 fully saturated rings. The van der Waals surface area contributed by atoms with Gasteiger partial charge in [0.05, 0.1) is 12.2 Å². The summed E-state index contributed by atoms with van der Waals surface area (Å²) in [5.41, 5.74) is 0.424. The minimum atomic E-state index is -0.287. The first-order chi connectivity index (χ1) is 6.75. The second kappa shape index (κ2) is 3.96. The zero-order valence-electron chi connectivity index (χ0n) is 7.35. The van der Waals surface area contributed by atoms with E-state index < -0.39 is 0 Å². The Morgan fingerprint density at radius 1 is 1.50 bits per heavy atom. The molecule has 14 heavy (non-hydrogen) atoms. The average Bonchev–Trinajstić information content (AvgIpc) is 2.64. The van der Waals surface area contributed by atoms with Crippen molar-refractivity contribution < 1.29 is 4.39 Å². The molecular weight excluding hydrogens is 249 g/mol. The Kier molecular flexibility index (Phi) is 2.67. The minimum Gasteiger partial charge on any atom is -0.354 e. The van der Waals surface area contributed by atoms with E-state index in [9.17, 15) is 4.39 Å². The molecule has 0 atom stereocenters. The number of hydrogen-bond acceptors (Lipinski definition) is 3. The summed E-state index contributed by atoms with van der Waals surface area (Å²) in [6.07, 6.45) is 0. The largest absolute Gasteiger partial charge is 0.354 e. The number of halogens is 2. The van der Waals surface area contributed by atoms with E-state index in [0.29, 0.717) is 11.6 Å². The summed E-state index contributed by atoms with van der Waals surface area (Å²) in [6, 6.07) is 4.74. The lowest BCUT2D eigenvalue weighted by atomic mass is 10.3. The zero-order chi connectivity index (χ0) is 9.97. The molecule has 0 saturated heterocycles. The Hall–Kier alpha value is -1.10. The molecule has 1 heterocycles. The quantitative estimate of drug-likeness (QED) is 0.807. The Labute approximate surface area is 89.5 Å². The molecule has 2 N–H and O–H groups in total. The molecular formula is C9H9BrFN3. The van der Waals surface area contributed by atoms with Crippen LogP contribution in [0.15, 0.2) is 27.7 Å². The van der Waals surface area contributed by atoms with Crippen LogP contribution in [0.3, 0.4) is 0 Å². The maximum atomic E-state index is 13.3. The average molecular weight is 258 g/mol. The Morgan fingerprint density at radius 2 is 2.36 bits per heavy atom. The summed E-state index contributed by atoms with van der Waals surface area (Å²) < 4.78 is 14.1. The highest BCUT2D eigenvalue weighted by atomic mass is 79.9. The molecule has 1 aromatic carbocycles. The molecule has 0 aliphatic carbocycles. The molecule has 74 valence electrons. The molecule has 1 aromatic rings. The van der Waals surface area contributed by atoms with Crippen molar-refractivity contribution >= 4 is 27.6 Å². The van der Waals surface area contributed by atoms with E-state index in [1.807, 2.05) is 0 Å². The molecule has 0 spiro atoms. The van der Waals surface area contributed by atoms with Gasteiger partial charge < -0.3 is 10.6 Å². The van der Waals surface area contributed by atoms with Gasteiger partial charge in [0, 0.05) is 11.0 Å². The van der Waals surface area contributed by atoms with Gasteiger partial charge in [-0.25, -0.2) is 4.39 Å². The third-order valence-electron chi connectivity index (χ3n) is 1.86. The van der Waals surface area contributed by atoms with Crippen LogP contribution < -0.4 is 10.6 Å². The van der Waals surface area contributed by atoms with Gasteiger partial charge in [-0.2, -0.15) is 0 Å². The van der Waals surface area contributed by atoms with Crippen molar-refractivity contribution in [3.05, 3.63) is 28.5 Å². The monoisotopic (exact) mass is 257 g/mol. The van der Waals surface area contributed by atoms with Gasteiger partial charge in [-0.05, 0) is 18.2 Å². The van der Waals surface area contributed by atoms with Crippen molar-refractivity contribution in [3.8, 4) is 0 Å². The fourth-order valence-electron chi connectivity index (χ4n) is 1.20. The van der Waals surface area contributed by atoms with Crippen LogP contribution >= 0.6 is 15.9 Å². The Balaban J connectivity index is 2.19. The van der Waals surface area contributed by atoms with E-state index in [4.69, 9.17) is 0 Å². The number of rotatable bonds is 1. The fourth-order valence-corrected chi connectivity index (χ4v) is 1.56. The van der Waals surface area contributed by atoms with Crippen LogP contribution in [0.2, 0.25) is 0 Å². The van der Waals surface area contributed by atoms with Crippen molar-refractivity contribution in [1.82, 2.24) is 5.32 Å².